The number of rotatable bonds is 7. The molecule has 0 radical (unpaired) electrons. The lowest BCUT2D eigenvalue weighted by molar-refractivity contribution is -0.165. The molecule has 2 fully saturated rings. The van der Waals surface area contributed by atoms with Crippen LogP contribution in [0.3, 0.4) is 0 Å². The second kappa shape index (κ2) is 11.8. The number of nitrogens with zero attached hydrogens (tertiary/aromatic N) is 2. The van der Waals surface area contributed by atoms with E-state index in [1.165, 1.54) is 12.8 Å². The molecule has 4 atom stereocenters. The number of likely N-dealkylation sites (N-methyl/N-ethyl adjacent to an activating group) is 1. The third-order valence-electron chi connectivity index (χ3n) is 5.03. The Morgan fingerprint density at radius 2 is 1.81 bits per heavy atom. The maximum absolute atomic E-state index is 9.77. The molecule has 14 N–H and O–H groups in total. The number of aliphatic carboxylic acids is 2. The van der Waals surface area contributed by atoms with Gasteiger partial charge in [0.2, 0.25) is 0 Å². The van der Waals surface area contributed by atoms with Crippen LogP contribution in [0.15, 0.2) is 16.9 Å². The van der Waals surface area contributed by atoms with Gasteiger partial charge in [0.15, 0.2) is 18.2 Å². The summed E-state index contributed by atoms with van der Waals surface area (Å²) in [5.41, 5.74) is 11.7. The lowest BCUT2D eigenvalue weighted by Gasteiger charge is -2.32. The Kier molecular flexibility index (Phi) is 10.8. The van der Waals surface area contributed by atoms with E-state index in [-0.39, 0.29) is 11.0 Å². The van der Waals surface area contributed by atoms with E-state index < -0.39 is 29.8 Å². The van der Waals surface area contributed by atoms with Crippen LogP contribution in [0.2, 0.25) is 0 Å². The molecule has 14 heteroatoms. The van der Waals surface area contributed by atoms with E-state index in [9.17, 15) is 9.59 Å². The summed E-state index contributed by atoms with van der Waals surface area (Å²) in [5, 5.41) is 39.0. The molecule has 3 unspecified atom stereocenters. The van der Waals surface area contributed by atoms with Gasteiger partial charge < -0.3 is 58.4 Å². The highest BCUT2D eigenvalue weighted by Crippen LogP contribution is 2.37. The van der Waals surface area contributed by atoms with Crippen molar-refractivity contribution in [3.05, 3.63) is 11.9 Å². The van der Waals surface area contributed by atoms with Gasteiger partial charge >= 0.3 is 11.9 Å². The summed E-state index contributed by atoms with van der Waals surface area (Å²) in [6, 6.07) is 0.540. The summed E-state index contributed by atoms with van der Waals surface area (Å²) < 4.78 is 0. The molecule has 1 aliphatic carbocycles. The van der Waals surface area contributed by atoms with Gasteiger partial charge in [0.1, 0.15) is 11.5 Å². The Morgan fingerprint density at radius 3 is 2.23 bits per heavy atom. The van der Waals surface area contributed by atoms with E-state index >= 15 is 0 Å². The SMILES string of the molecule is CN[C@@H]1CCN(C2=CC(N)(CC3CC3)N=C(N)N2)C1.O.O.O=C(O)C(O)C(O)C(=O)O. The monoisotopic (exact) mass is 450 g/mol. The van der Waals surface area contributed by atoms with Gasteiger partial charge in [0, 0.05) is 19.1 Å². The summed E-state index contributed by atoms with van der Waals surface area (Å²) in [5.74, 6) is -1.35. The molecule has 0 amide bonds. The van der Waals surface area contributed by atoms with Crippen LogP contribution in [-0.2, 0) is 9.59 Å². The predicted molar refractivity (Wildman–Crippen MR) is 111 cm³/mol. The van der Waals surface area contributed by atoms with E-state index in [4.69, 9.17) is 31.9 Å². The zero-order valence-corrected chi connectivity index (χ0v) is 17.3. The van der Waals surface area contributed by atoms with E-state index in [2.05, 4.69) is 26.6 Å². The molecule has 1 saturated carbocycles. The van der Waals surface area contributed by atoms with Crippen molar-refractivity contribution in [1.29, 1.82) is 0 Å². The van der Waals surface area contributed by atoms with Gasteiger partial charge in [-0.3, -0.25) is 0 Å². The van der Waals surface area contributed by atoms with E-state index in [0.717, 1.165) is 37.7 Å². The summed E-state index contributed by atoms with van der Waals surface area (Å²) in [4.78, 5) is 26.2. The fourth-order valence-electron chi connectivity index (χ4n) is 3.23. The minimum absolute atomic E-state index is 0. The number of nitrogens with one attached hydrogen (secondary N) is 2. The molecule has 0 aromatic heterocycles. The first kappa shape index (κ1) is 28.5. The average molecular weight is 450 g/mol. The van der Waals surface area contributed by atoms with Crippen LogP contribution in [0.5, 0.6) is 0 Å². The minimum atomic E-state index is -2.27. The van der Waals surface area contributed by atoms with Crippen molar-refractivity contribution in [3.8, 4) is 0 Å². The number of carboxylic acids is 2. The highest BCUT2D eigenvalue weighted by atomic mass is 16.4. The van der Waals surface area contributed by atoms with Gasteiger partial charge in [-0.1, -0.05) is 12.8 Å². The molecule has 31 heavy (non-hydrogen) atoms. The van der Waals surface area contributed by atoms with Crippen molar-refractivity contribution in [2.24, 2.45) is 22.4 Å². The lowest BCUT2D eigenvalue weighted by atomic mass is 10.0. The zero-order valence-electron chi connectivity index (χ0n) is 17.3. The summed E-state index contributed by atoms with van der Waals surface area (Å²) in [6.07, 6.45) is 2.12. The first-order valence-corrected chi connectivity index (χ1v) is 9.42. The van der Waals surface area contributed by atoms with E-state index in [0.29, 0.717) is 12.0 Å². The van der Waals surface area contributed by atoms with Gasteiger partial charge in [-0.2, -0.15) is 0 Å². The average Bonchev–Trinajstić information content (AvgIpc) is 3.30. The molecule has 2 heterocycles. The van der Waals surface area contributed by atoms with Crippen LogP contribution in [0.4, 0.5) is 0 Å². The molecule has 14 nitrogen and oxygen atoms in total. The maximum Gasteiger partial charge on any atom is 0.335 e. The first-order chi connectivity index (χ1) is 13.5. The third-order valence-corrected chi connectivity index (χ3v) is 5.03. The van der Waals surface area contributed by atoms with Gasteiger partial charge in [0.25, 0.3) is 0 Å². The number of likely N-dealkylation sites (tertiary alicyclic amines) is 1. The van der Waals surface area contributed by atoms with Crippen molar-refractivity contribution in [2.75, 3.05) is 20.1 Å². The number of aliphatic imine (C=N–C) groups is 1. The molecular weight excluding hydrogens is 416 g/mol. The Morgan fingerprint density at radius 1 is 1.26 bits per heavy atom. The number of guanidine groups is 1. The summed E-state index contributed by atoms with van der Waals surface area (Å²) in [6.45, 7) is 2.01. The third kappa shape index (κ3) is 8.28. The molecule has 1 saturated heterocycles. The smallest absolute Gasteiger partial charge is 0.335 e. The molecule has 3 rings (SSSR count). The summed E-state index contributed by atoms with van der Waals surface area (Å²) >= 11 is 0. The molecule has 180 valence electrons. The van der Waals surface area contributed by atoms with Crippen molar-refractivity contribution < 1.29 is 41.0 Å². The number of carboxylic acid groups (broad SMARTS) is 2. The molecular formula is C17H34N6O8. The molecule has 0 bridgehead atoms. The first-order valence-electron chi connectivity index (χ1n) is 9.42. The number of nitrogens with two attached hydrogens (primary N) is 2. The number of aliphatic hydroxyl groups excluding tert-OH is 2. The number of hydrogen-bond donors (Lipinski definition) is 8. The molecule has 2 aliphatic heterocycles. The predicted octanol–water partition coefficient (Wildman–Crippen LogP) is -4.28. The fourth-order valence-corrected chi connectivity index (χ4v) is 3.23. The van der Waals surface area contributed by atoms with Crippen molar-refractivity contribution >= 4 is 17.9 Å². The molecule has 0 aromatic carbocycles. The normalized spacial score (nSPS) is 26.5. The molecule has 0 spiro atoms. The van der Waals surface area contributed by atoms with Crippen molar-refractivity contribution in [2.45, 2.75) is 49.6 Å². The number of aliphatic hydroxyl groups is 2. The highest BCUT2D eigenvalue weighted by molar-refractivity contribution is 5.83. The standard InChI is InChI=1S/C13H24N6.C4H6O6.2H2O/c1-16-10-4-5-19(8-10)11-7-13(15,6-9-2-3-9)18-12(14)17-11;5-1(3(7)8)2(6)4(9)10;;/h7,9-10,16H,2-6,8,15H2,1H3,(H3,14,17,18);1-2,5-6H,(H,7,8)(H,9,10);2*1H2/t10-,13?;;;/m1.../s1. The minimum Gasteiger partial charge on any atom is -0.479 e. The van der Waals surface area contributed by atoms with E-state index in [1.807, 2.05) is 7.05 Å². The van der Waals surface area contributed by atoms with Gasteiger partial charge in [0.05, 0.1) is 0 Å². The number of carbonyl (C=O) groups is 2. The van der Waals surface area contributed by atoms with Crippen LogP contribution < -0.4 is 22.1 Å². The summed E-state index contributed by atoms with van der Waals surface area (Å²) in [7, 11) is 2.01. The lowest BCUT2D eigenvalue weighted by Crippen LogP contribution is -2.50. The van der Waals surface area contributed by atoms with Gasteiger partial charge in [-0.05, 0) is 31.9 Å². The maximum atomic E-state index is 9.77. The largest absolute Gasteiger partial charge is 0.479 e. The fraction of sp³-hybridized carbons (Fsp3) is 0.706. The van der Waals surface area contributed by atoms with Gasteiger partial charge in [-0.25, -0.2) is 14.6 Å². The molecule has 3 aliphatic rings. The topological polar surface area (TPSA) is 270 Å². The van der Waals surface area contributed by atoms with Crippen LogP contribution in [0.25, 0.3) is 0 Å². The molecule has 0 aromatic rings. The van der Waals surface area contributed by atoms with Gasteiger partial charge in [-0.15, -0.1) is 0 Å². The van der Waals surface area contributed by atoms with Crippen molar-refractivity contribution in [1.82, 2.24) is 15.5 Å². The van der Waals surface area contributed by atoms with Crippen LogP contribution in [0.1, 0.15) is 25.7 Å². The Hall–Kier alpha value is -2.49. The van der Waals surface area contributed by atoms with Crippen LogP contribution >= 0.6 is 0 Å². The van der Waals surface area contributed by atoms with Crippen LogP contribution in [0, 0.1) is 5.92 Å². The second-order valence-corrected chi connectivity index (χ2v) is 7.58. The zero-order chi connectivity index (χ0) is 21.8. The highest BCUT2D eigenvalue weighted by Gasteiger charge is 2.36. The van der Waals surface area contributed by atoms with E-state index in [1.54, 1.807) is 0 Å². The van der Waals surface area contributed by atoms with Crippen LogP contribution in [-0.4, -0.2) is 98.2 Å². The van der Waals surface area contributed by atoms with Crippen molar-refractivity contribution in [3.63, 3.8) is 0 Å². The number of hydrogen-bond acceptors (Lipinski definition) is 10. The Balaban J connectivity index is 0.000000654. The Bertz CT molecular complexity index is 668. The quantitative estimate of drug-likeness (QED) is 0.184. The second-order valence-electron chi connectivity index (χ2n) is 7.58. The Labute approximate surface area is 179 Å².